The van der Waals surface area contributed by atoms with Crippen molar-refractivity contribution in [1.82, 2.24) is 5.32 Å². The van der Waals surface area contributed by atoms with E-state index in [1.807, 2.05) is 45.1 Å². The third kappa shape index (κ3) is 5.44. The average molecular weight is 547 g/mol. The van der Waals surface area contributed by atoms with Crippen molar-refractivity contribution in [3.8, 4) is 5.75 Å². The number of ether oxygens (including phenoxy) is 3. The molecule has 9 heteroatoms. The van der Waals surface area contributed by atoms with Gasteiger partial charge in [0.2, 0.25) is 5.91 Å². The van der Waals surface area contributed by atoms with Gasteiger partial charge in [0, 0.05) is 19.4 Å². The Morgan fingerprint density at radius 1 is 1.24 bits per heavy atom. The van der Waals surface area contributed by atoms with Crippen molar-refractivity contribution in [2.24, 2.45) is 11.8 Å². The van der Waals surface area contributed by atoms with Gasteiger partial charge >= 0.3 is 6.09 Å². The van der Waals surface area contributed by atoms with Crippen LogP contribution in [0.2, 0.25) is 5.02 Å². The molecule has 0 aliphatic carbocycles. The van der Waals surface area contributed by atoms with Crippen LogP contribution in [0.5, 0.6) is 5.75 Å². The fourth-order valence-corrected chi connectivity index (χ4v) is 5.90. The number of methoxy groups -OCH3 is 1. The number of hydrogen-bond donors (Lipinski definition) is 2. The number of epoxide rings is 1. The minimum Gasteiger partial charge on any atom is -0.495 e. The van der Waals surface area contributed by atoms with Crippen LogP contribution in [0.25, 0.3) is 0 Å². The van der Waals surface area contributed by atoms with Crippen LogP contribution in [0.1, 0.15) is 53.0 Å². The topological polar surface area (TPSA) is 101 Å². The summed E-state index contributed by atoms with van der Waals surface area (Å²) in [6, 6.07) is 3.75. The number of rotatable bonds is 1. The maximum absolute atomic E-state index is 13.3. The number of benzene rings is 1. The molecule has 3 heterocycles. The first-order valence-electron chi connectivity index (χ1n) is 13.1. The van der Waals surface area contributed by atoms with Gasteiger partial charge in [0.15, 0.2) is 0 Å². The van der Waals surface area contributed by atoms with Crippen molar-refractivity contribution in [1.29, 1.82) is 0 Å². The summed E-state index contributed by atoms with van der Waals surface area (Å²) in [5.74, 6) is 0.0273. The molecule has 0 radical (unpaired) electrons. The molecule has 4 rings (SSSR count). The van der Waals surface area contributed by atoms with Crippen molar-refractivity contribution in [2.75, 3.05) is 19.1 Å². The van der Waals surface area contributed by atoms with Crippen LogP contribution in [-0.2, 0) is 20.7 Å². The Labute approximate surface area is 229 Å². The van der Waals surface area contributed by atoms with Crippen molar-refractivity contribution in [3.63, 3.8) is 0 Å². The molecule has 2 fully saturated rings. The molecule has 3 aliphatic rings. The van der Waals surface area contributed by atoms with E-state index in [2.05, 4.69) is 18.3 Å². The van der Waals surface area contributed by atoms with Crippen LogP contribution < -0.4 is 15.0 Å². The zero-order chi connectivity index (χ0) is 28.0. The standard InChI is InChI=1S/C29H39ClN2O6/c1-16-9-8-10-17(2)28(4)15-22(37-27(35)31-28)18(3)26-29(5,38-26)23(33)14-24(34)32(6)20-12-19(11-16)13-21(36-7)25(20)30/h8-10,12-13,17-18,22-23,26,33H,11,14-15H2,1-7H3,(H,31,35)/b10-8+,16-9+/t17-,18-,22?,23+,26?,28-,29?/m1/s1. The number of nitrogens with one attached hydrogen (secondary N) is 1. The fourth-order valence-electron chi connectivity index (χ4n) is 5.59. The number of halogens is 1. The summed E-state index contributed by atoms with van der Waals surface area (Å²) in [6.45, 7) is 9.90. The van der Waals surface area contributed by atoms with Gasteiger partial charge in [-0.2, -0.15) is 0 Å². The minimum atomic E-state index is -1.05. The monoisotopic (exact) mass is 546 g/mol. The summed E-state index contributed by atoms with van der Waals surface area (Å²) in [6.07, 6.45) is 4.95. The van der Waals surface area contributed by atoms with E-state index in [1.165, 1.54) is 4.90 Å². The summed E-state index contributed by atoms with van der Waals surface area (Å²) in [5.41, 5.74) is 1.11. The highest BCUT2D eigenvalue weighted by molar-refractivity contribution is 6.35. The van der Waals surface area contributed by atoms with Gasteiger partial charge in [-0.05, 0) is 50.8 Å². The SMILES string of the molecule is COc1cc2cc(c1Cl)N(C)C(=O)C[C@H](O)C1(C)OC1[C@H](C)C1C[C@@](C)(NC(=O)O1)[C@H](C)/C=C/C=C(\C)C2. The molecule has 1 aromatic carbocycles. The van der Waals surface area contributed by atoms with Gasteiger partial charge in [0.1, 0.15) is 22.5 Å². The number of hydrogen-bond acceptors (Lipinski definition) is 6. The normalized spacial score (nSPS) is 38.3. The predicted molar refractivity (Wildman–Crippen MR) is 147 cm³/mol. The molecule has 38 heavy (non-hydrogen) atoms. The molecule has 208 valence electrons. The largest absolute Gasteiger partial charge is 0.495 e. The Balaban J connectivity index is 1.73. The molecule has 8 nitrogen and oxygen atoms in total. The molecule has 3 aliphatic heterocycles. The second-order valence-corrected chi connectivity index (χ2v) is 11.8. The van der Waals surface area contributed by atoms with Gasteiger partial charge in [-0.25, -0.2) is 4.79 Å². The van der Waals surface area contributed by atoms with E-state index >= 15 is 0 Å². The van der Waals surface area contributed by atoms with Crippen molar-refractivity contribution in [3.05, 3.63) is 46.5 Å². The van der Waals surface area contributed by atoms with Crippen LogP contribution in [0.3, 0.4) is 0 Å². The first kappa shape index (κ1) is 28.5. The van der Waals surface area contributed by atoms with E-state index in [1.54, 1.807) is 21.1 Å². The van der Waals surface area contributed by atoms with Crippen molar-refractivity contribution >= 4 is 29.3 Å². The van der Waals surface area contributed by atoms with Gasteiger partial charge < -0.3 is 29.5 Å². The summed E-state index contributed by atoms with van der Waals surface area (Å²) in [4.78, 5) is 27.3. The number of aliphatic hydroxyl groups excluding tert-OH is 1. The van der Waals surface area contributed by atoms with E-state index in [0.29, 0.717) is 29.3 Å². The average Bonchev–Trinajstić information content (AvgIpc) is 3.55. The van der Waals surface area contributed by atoms with Crippen LogP contribution >= 0.6 is 11.6 Å². The third-order valence-electron chi connectivity index (χ3n) is 8.56. The Morgan fingerprint density at radius 2 is 1.95 bits per heavy atom. The number of fused-ring (bicyclic) bond motifs is 5. The van der Waals surface area contributed by atoms with E-state index in [-0.39, 0.29) is 30.3 Å². The molecular weight excluding hydrogens is 508 g/mol. The molecule has 4 bridgehead atoms. The quantitative estimate of drug-likeness (QED) is 0.490. The number of nitrogens with zero attached hydrogens (tertiary/aromatic N) is 1. The molecule has 3 unspecified atom stereocenters. The highest BCUT2D eigenvalue weighted by atomic mass is 35.5. The first-order chi connectivity index (χ1) is 17.8. The Kier molecular flexibility index (Phi) is 7.90. The lowest BCUT2D eigenvalue weighted by molar-refractivity contribution is -0.121. The Bertz CT molecular complexity index is 1170. The maximum atomic E-state index is 13.3. The molecule has 2 amide bonds. The van der Waals surface area contributed by atoms with Crippen LogP contribution in [0, 0.1) is 11.8 Å². The Morgan fingerprint density at radius 3 is 2.63 bits per heavy atom. The number of amides is 2. The van der Waals surface area contributed by atoms with E-state index in [9.17, 15) is 14.7 Å². The molecule has 0 aromatic heterocycles. The number of carbonyl (C=O) groups is 2. The van der Waals surface area contributed by atoms with Gasteiger partial charge in [0.05, 0.1) is 37.0 Å². The smallest absolute Gasteiger partial charge is 0.407 e. The van der Waals surface area contributed by atoms with Crippen molar-refractivity contribution < 1.29 is 28.9 Å². The summed E-state index contributed by atoms with van der Waals surface area (Å²) < 4.78 is 17.2. The second kappa shape index (κ2) is 10.5. The van der Waals surface area contributed by atoms with Crippen LogP contribution in [0.15, 0.2) is 35.9 Å². The molecule has 7 atom stereocenters. The zero-order valence-corrected chi connectivity index (χ0v) is 24.0. The number of alkyl carbamates (subject to hydrolysis) is 1. The lowest BCUT2D eigenvalue weighted by Gasteiger charge is -2.43. The molecule has 1 aromatic rings. The van der Waals surface area contributed by atoms with Crippen LogP contribution in [-0.4, -0.2) is 60.7 Å². The minimum absolute atomic E-state index is 0.0294. The summed E-state index contributed by atoms with van der Waals surface area (Å²) in [7, 11) is 3.18. The number of carbonyl (C=O) groups excluding carboxylic acids is 2. The Hall–Kier alpha value is -2.55. The van der Waals surface area contributed by atoms with E-state index < -0.39 is 29.4 Å². The highest BCUT2D eigenvalue weighted by Gasteiger charge is 2.62. The lowest BCUT2D eigenvalue weighted by atomic mass is 9.77. The summed E-state index contributed by atoms with van der Waals surface area (Å²) in [5, 5.41) is 14.4. The number of aliphatic hydroxyl groups is 1. The van der Waals surface area contributed by atoms with Gasteiger partial charge in [-0.3, -0.25) is 4.79 Å². The molecule has 0 spiro atoms. The lowest BCUT2D eigenvalue weighted by Crippen LogP contribution is -2.59. The predicted octanol–water partition coefficient (Wildman–Crippen LogP) is 4.81. The van der Waals surface area contributed by atoms with Gasteiger partial charge in [-0.1, -0.05) is 49.2 Å². The fraction of sp³-hybridized carbons (Fsp3) is 0.586. The van der Waals surface area contributed by atoms with E-state index in [4.69, 9.17) is 25.8 Å². The first-order valence-corrected chi connectivity index (χ1v) is 13.5. The van der Waals surface area contributed by atoms with Crippen molar-refractivity contribution in [2.45, 2.75) is 83.3 Å². The molecule has 0 saturated carbocycles. The number of anilines is 1. The van der Waals surface area contributed by atoms with Crippen LogP contribution in [0.4, 0.5) is 10.5 Å². The number of allylic oxidation sites excluding steroid dienone is 3. The molecule has 2 saturated heterocycles. The maximum Gasteiger partial charge on any atom is 0.407 e. The summed E-state index contributed by atoms with van der Waals surface area (Å²) >= 11 is 6.60. The van der Waals surface area contributed by atoms with Gasteiger partial charge in [0.25, 0.3) is 0 Å². The second-order valence-electron chi connectivity index (χ2n) is 11.4. The third-order valence-corrected chi connectivity index (χ3v) is 8.94. The molecular formula is C29H39ClN2O6. The zero-order valence-electron chi connectivity index (χ0n) is 23.2. The van der Waals surface area contributed by atoms with E-state index in [0.717, 1.165) is 11.1 Å². The molecule has 2 N–H and O–H groups in total. The van der Waals surface area contributed by atoms with Gasteiger partial charge in [-0.15, -0.1) is 0 Å². The highest BCUT2D eigenvalue weighted by Crippen LogP contribution is 2.48.